The molecule has 2 unspecified atom stereocenters. The van der Waals surface area contributed by atoms with Crippen molar-refractivity contribution < 1.29 is 9.21 Å². The second-order valence-corrected chi connectivity index (χ2v) is 4.18. The highest BCUT2D eigenvalue weighted by Gasteiger charge is 2.21. The zero-order valence-corrected chi connectivity index (χ0v) is 9.53. The van der Waals surface area contributed by atoms with Gasteiger partial charge in [0.25, 0.3) is 0 Å². The minimum atomic E-state index is 0.157. The number of rotatable bonds is 4. The summed E-state index contributed by atoms with van der Waals surface area (Å²) in [7, 11) is 0. The van der Waals surface area contributed by atoms with Crippen molar-refractivity contribution in [3.8, 4) is 0 Å². The van der Waals surface area contributed by atoms with Crippen molar-refractivity contribution >= 4 is 5.91 Å². The Hall–Kier alpha value is -1.29. The minimum absolute atomic E-state index is 0.157. The standard InChI is InChI=1S/C12H18N2O2/c1-2-10(11-4-3-7-16-11)14-9-5-6-12(15)13-8-9/h3-4,7,9-10,14H,2,5-6,8H2,1H3,(H,13,15). The van der Waals surface area contributed by atoms with E-state index in [9.17, 15) is 4.79 Å². The predicted octanol–water partition coefficient (Wildman–Crippen LogP) is 1.60. The normalized spacial score (nSPS) is 22.8. The molecule has 2 rings (SSSR count). The summed E-state index contributed by atoms with van der Waals surface area (Å²) >= 11 is 0. The van der Waals surface area contributed by atoms with E-state index < -0.39 is 0 Å². The van der Waals surface area contributed by atoms with Crippen molar-refractivity contribution in [2.75, 3.05) is 6.54 Å². The van der Waals surface area contributed by atoms with E-state index >= 15 is 0 Å². The maximum Gasteiger partial charge on any atom is 0.220 e. The summed E-state index contributed by atoms with van der Waals surface area (Å²) in [5.74, 6) is 1.13. The van der Waals surface area contributed by atoms with E-state index in [-0.39, 0.29) is 11.9 Å². The summed E-state index contributed by atoms with van der Waals surface area (Å²) in [6, 6.07) is 4.49. The third kappa shape index (κ3) is 2.64. The van der Waals surface area contributed by atoms with Crippen LogP contribution in [0.1, 0.15) is 38.0 Å². The molecule has 0 saturated carbocycles. The summed E-state index contributed by atoms with van der Waals surface area (Å²) in [6.07, 6.45) is 4.20. The summed E-state index contributed by atoms with van der Waals surface area (Å²) in [5.41, 5.74) is 0. The first kappa shape index (κ1) is 11.2. The first-order valence-electron chi connectivity index (χ1n) is 5.85. The molecule has 4 nitrogen and oxygen atoms in total. The van der Waals surface area contributed by atoms with Gasteiger partial charge in [-0.1, -0.05) is 6.92 Å². The quantitative estimate of drug-likeness (QED) is 0.813. The van der Waals surface area contributed by atoms with Crippen molar-refractivity contribution in [1.82, 2.24) is 10.6 Å². The number of hydrogen-bond donors (Lipinski definition) is 2. The van der Waals surface area contributed by atoms with E-state index in [2.05, 4.69) is 17.6 Å². The van der Waals surface area contributed by atoms with Gasteiger partial charge < -0.3 is 15.1 Å². The smallest absolute Gasteiger partial charge is 0.220 e. The molecule has 0 radical (unpaired) electrons. The average molecular weight is 222 g/mol. The Balaban J connectivity index is 1.90. The van der Waals surface area contributed by atoms with Gasteiger partial charge in [0.05, 0.1) is 12.3 Å². The SMILES string of the molecule is CCC(NC1CCC(=O)NC1)c1ccco1. The Morgan fingerprint density at radius 1 is 1.69 bits per heavy atom. The zero-order chi connectivity index (χ0) is 11.4. The van der Waals surface area contributed by atoms with Gasteiger partial charge in [0, 0.05) is 19.0 Å². The third-order valence-corrected chi connectivity index (χ3v) is 3.00. The lowest BCUT2D eigenvalue weighted by atomic mass is 10.0. The van der Waals surface area contributed by atoms with Crippen LogP contribution < -0.4 is 10.6 Å². The number of nitrogens with one attached hydrogen (secondary N) is 2. The van der Waals surface area contributed by atoms with Gasteiger partial charge in [-0.25, -0.2) is 0 Å². The van der Waals surface area contributed by atoms with Crippen LogP contribution in [0.25, 0.3) is 0 Å². The van der Waals surface area contributed by atoms with Crippen molar-refractivity contribution in [2.45, 2.75) is 38.3 Å². The van der Waals surface area contributed by atoms with Gasteiger partial charge >= 0.3 is 0 Å². The van der Waals surface area contributed by atoms with E-state index in [4.69, 9.17) is 4.42 Å². The van der Waals surface area contributed by atoms with Crippen LogP contribution >= 0.6 is 0 Å². The molecule has 1 aliphatic heterocycles. The molecule has 0 aliphatic carbocycles. The van der Waals surface area contributed by atoms with Crippen molar-refractivity contribution in [3.63, 3.8) is 0 Å². The lowest BCUT2D eigenvalue weighted by Crippen LogP contribution is -2.46. The highest BCUT2D eigenvalue weighted by molar-refractivity contribution is 5.76. The van der Waals surface area contributed by atoms with Crippen LogP contribution in [-0.4, -0.2) is 18.5 Å². The molecule has 2 heterocycles. The number of piperidine rings is 1. The Morgan fingerprint density at radius 2 is 2.56 bits per heavy atom. The van der Waals surface area contributed by atoms with E-state index in [1.807, 2.05) is 12.1 Å². The zero-order valence-electron chi connectivity index (χ0n) is 9.53. The van der Waals surface area contributed by atoms with Gasteiger partial charge in [-0.15, -0.1) is 0 Å². The van der Waals surface area contributed by atoms with Crippen LogP contribution in [0.15, 0.2) is 22.8 Å². The lowest BCUT2D eigenvalue weighted by molar-refractivity contribution is -0.122. The topological polar surface area (TPSA) is 54.3 Å². The first-order valence-corrected chi connectivity index (χ1v) is 5.85. The largest absolute Gasteiger partial charge is 0.468 e. The van der Waals surface area contributed by atoms with E-state index in [0.29, 0.717) is 12.5 Å². The van der Waals surface area contributed by atoms with E-state index in [0.717, 1.165) is 25.1 Å². The number of carbonyl (C=O) groups is 1. The number of hydrogen-bond acceptors (Lipinski definition) is 3. The number of furan rings is 1. The monoisotopic (exact) mass is 222 g/mol. The molecule has 1 amide bonds. The molecule has 1 fully saturated rings. The van der Waals surface area contributed by atoms with Crippen LogP contribution in [0.3, 0.4) is 0 Å². The number of carbonyl (C=O) groups excluding carboxylic acids is 1. The molecule has 1 aromatic heterocycles. The highest BCUT2D eigenvalue weighted by atomic mass is 16.3. The molecule has 4 heteroatoms. The van der Waals surface area contributed by atoms with Crippen LogP contribution in [0.4, 0.5) is 0 Å². The van der Waals surface area contributed by atoms with Gasteiger partial charge in [-0.3, -0.25) is 4.79 Å². The van der Waals surface area contributed by atoms with E-state index in [1.54, 1.807) is 6.26 Å². The maximum atomic E-state index is 11.0. The summed E-state index contributed by atoms with van der Waals surface area (Å²) < 4.78 is 5.40. The van der Waals surface area contributed by atoms with Crippen molar-refractivity contribution in [1.29, 1.82) is 0 Å². The fourth-order valence-electron chi connectivity index (χ4n) is 2.05. The third-order valence-electron chi connectivity index (χ3n) is 3.00. The van der Waals surface area contributed by atoms with Gasteiger partial charge in [0.15, 0.2) is 0 Å². The maximum absolute atomic E-state index is 11.0. The molecule has 0 bridgehead atoms. The van der Waals surface area contributed by atoms with E-state index in [1.165, 1.54) is 0 Å². The fraction of sp³-hybridized carbons (Fsp3) is 0.583. The molecule has 2 atom stereocenters. The minimum Gasteiger partial charge on any atom is -0.468 e. The van der Waals surface area contributed by atoms with Gasteiger partial charge in [0.1, 0.15) is 5.76 Å². The molecule has 1 aliphatic rings. The molecular weight excluding hydrogens is 204 g/mol. The highest BCUT2D eigenvalue weighted by Crippen LogP contribution is 2.18. The van der Waals surface area contributed by atoms with Crippen LogP contribution in [0.2, 0.25) is 0 Å². The fourth-order valence-corrected chi connectivity index (χ4v) is 2.05. The Morgan fingerprint density at radius 3 is 3.12 bits per heavy atom. The second-order valence-electron chi connectivity index (χ2n) is 4.18. The Kier molecular flexibility index (Phi) is 3.62. The number of amides is 1. The van der Waals surface area contributed by atoms with Gasteiger partial charge in [-0.2, -0.15) is 0 Å². The molecule has 0 spiro atoms. The Bertz CT molecular complexity index is 325. The van der Waals surface area contributed by atoms with Crippen LogP contribution in [0.5, 0.6) is 0 Å². The van der Waals surface area contributed by atoms with Crippen LogP contribution in [0, 0.1) is 0 Å². The Labute approximate surface area is 95.4 Å². The van der Waals surface area contributed by atoms with Crippen LogP contribution in [-0.2, 0) is 4.79 Å². The van der Waals surface area contributed by atoms with Crippen molar-refractivity contribution in [2.24, 2.45) is 0 Å². The molecule has 2 N–H and O–H groups in total. The molecule has 16 heavy (non-hydrogen) atoms. The average Bonchev–Trinajstić information content (AvgIpc) is 2.82. The molecule has 88 valence electrons. The second kappa shape index (κ2) is 5.16. The molecule has 0 aromatic carbocycles. The van der Waals surface area contributed by atoms with Gasteiger partial charge in [-0.05, 0) is 25.0 Å². The lowest BCUT2D eigenvalue weighted by Gasteiger charge is -2.27. The van der Waals surface area contributed by atoms with Crippen molar-refractivity contribution in [3.05, 3.63) is 24.2 Å². The predicted molar refractivity (Wildman–Crippen MR) is 60.9 cm³/mol. The van der Waals surface area contributed by atoms with Gasteiger partial charge in [0.2, 0.25) is 5.91 Å². The molecule has 1 aromatic rings. The molecular formula is C12H18N2O2. The first-order chi connectivity index (χ1) is 7.79. The summed E-state index contributed by atoms with van der Waals surface area (Å²) in [6.45, 7) is 2.84. The summed E-state index contributed by atoms with van der Waals surface area (Å²) in [5, 5.41) is 6.39. The molecule has 1 saturated heterocycles. The summed E-state index contributed by atoms with van der Waals surface area (Å²) in [4.78, 5) is 11.0.